The third-order valence-corrected chi connectivity index (χ3v) is 4.16. The molecule has 2 aromatic heterocycles. The smallest absolute Gasteiger partial charge is 0.277 e. The summed E-state index contributed by atoms with van der Waals surface area (Å²) in [5.41, 5.74) is 4.00. The van der Waals surface area contributed by atoms with Gasteiger partial charge in [0.05, 0.1) is 5.71 Å². The van der Waals surface area contributed by atoms with E-state index in [-0.39, 0.29) is 12.5 Å². The molecule has 0 bridgehead atoms. The van der Waals surface area contributed by atoms with Crippen LogP contribution in [0.1, 0.15) is 11.8 Å². The van der Waals surface area contributed by atoms with Gasteiger partial charge in [-0.15, -0.1) is 11.3 Å². The number of hydrazone groups is 1. The summed E-state index contributed by atoms with van der Waals surface area (Å²) in [6.07, 6.45) is 1.70. The average molecular weight is 325 g/mol. The summed E-state index contributed by atoms with van der Waals surface area (Å²) in [7, 11) is 0. The fraction of sp³-hybridized carbons (Fsp3) is 0.118. The number of hydrogen-bond acceptors (Lipinski definition) is 5. The molecule has 3 rings (SSSR count). The maximum Gasteiger partial charge on any atom is 0.277 e. The van der Waals surface area contributed by atoms with E-state index in [4.69, 9.17) is 4.74 Å². The molecule has 0 atom stereocenters. The minimum atomic E-state index is -0.311. The van der Waals surface area contributed by atoms with Gasteiger partial charge in [-0.1, -0.05) is 24.3 Å². The fourth-order valence-electron chi connectivity index (χ4n) is 2.05. The first-order valence-electron chi connectivity index (χ1n) is 7.07. The zero-order valence-electron chi connectivity index (χ0n) is 12.5. The Hall–Kier alpha value is -2.73. The van der Waals surface area contributed by atoms with Crippen LogP contribution in [0.3, 0.4) is 0 Å². The summed E-state index contributed by atoms with van der Waals surface area (Å²) in [4.78, 5) is 17.2. The number of fused-ring (bicyclic) bond motifs is 1. The highest BCUT2D eigenvalue weighted by Gasteiger charge is 2.06. The fourth-order valence-corrected chi connectivity index (χ4v) is 2.73. The molecular weight excluding hydrogens is 310 g/mol. The number of para-hydroxylation sites is 1. The lowest BCUT2D eigenvalue weighted by molar-refractivity contribution is -0.123. The summed E-state index contributed by atoms with van der Waals surface area (Å²) in [6.45, 7) is 1.73. The Morgan fingerprint density at radius 1 is 1.26 bits per heavy atom. The molecular formula is C17H15N3O2S. The number of pyridine rings is 1. The molecule has 5 nitrogen and oxygen atoms in total. The Balaban J connectivity index is 1.61. The zero-order valence-corrected chi connectivity index (χ0v) is 13.3. The first-order chi connectivity index (χ1) is 11.2. The molecule has 23 heavy (non-hydrogen) atoms. The molecule has 1 N–H and O–H groups in total. The second-order valence-electron chi connectivity index (χ2n) is 4.83. The van der Waals surface area contributed by atoms with Crippen LogP contribution in [0.25, 0.3) is 10.9 Å². The van der Waals surface area contributed by atoms with Crippen LogP contribution in [0.4, 0.5) is 0 Å². The molecule has 2 heterocycles. The second kappa shape index (κ2) is 7.02. The summed E-state index contributed by atoms with van der Waals surface area (Å²) < 4.78 is 5.56. The first kappa shape index (κ1) is 15.2. The van der Waals surface area contributed by atoms with E-state index < -0.39 is 0 Å². The Morgan fingerprint density at radius 2 is 2.13 bits per heavy atom. The molecule has 1 amide bonds. The van der Waals surface area contributed by atoms with Crippen molar-refractivity contribution in [2.24, 2.45) is 5.10 Å². The molecule has 116 valence electrons. The van der Waals surface area contributed by atoms with Crippen molar-refractivity contribution < 1.29 is 9.53 Å². The quantitative estimate of drug-likeness (QED) is 0.579. The zero-order chi connectivity index (χ0) is 16.1. The molecule has 0 fully saturated rings. The molecule has 0 radical (unpaired) electrons. The van der Waals surface area contributed by atoms with Crippen molar-refractivity contribution in [3.8, 4) is 5.75 Å². The molecule has 0 saturated carbocycles. The van der Waals surface area contributed by atoms with Gasteiger partial charge in [0.15, 0.2) is 6.61 Å². The monoisotopic (exact) mass is 325 g/mol. The van der Waals surface area contributed by atoms with Gasteiger partial charge in [-0.05, 0) is 30.5 Å². The normalized spacial score (nSPS) is 11.4. The van der Waals surface area contributed by atoms with E-state index in [1.165, 1.54) is 0 Å². The van der Waals surface area contributed by atoms with Crippen LogP contribution >= 0.6 is 11.3 Å². The van der Waals surface area contributed by atoms with Crippen LogP contribution in [0.15, 0.2) is 59.1 Å². The Morgan fingerprint density at radius 3 is 2.96 bits per heavy atom. The molecule has 1 aromatic carbocycles. The van der Waals surface area contributed by atoms with E-state index >= 15 is 0 Å². The molecule has 0 aliphatic rings. The third-order valence-electron chi connectivity index (χ3n) is 3.18. The standard InChI is InChI=1S/C17H15N3O2S/c1-12(15-8-4-10-23-15)19-20-16(21)11-22-14-7-2-5-13-6-3-9-18-17(13)14/h2-10H,11H2,1H3,(H,20,21)/b19-12+. The minimum absolute atomic E-state index is 0.114. The van der Waals surface area contributed by atoms with Crippen LogP contribution in [0, 0.1) is 0 Å². The predicted octanol–water partition coefficient (Wildman–Crippen LogP) is 3.22. The second-order valence-corrected chi connectivity index (χ2v) is 5.78. The molecule has 3 aromatic rings. The van der Waals surface area contributed by atoms with E-state index in [9.17, 15) is 4.79 Å². The van der Waals surface area contributed by atoms with E-state index in [1.807, 2.05) is 48.7 Å². The van der Waals surface area contributed by atoms with Crippen molar-refractivity contribution in [1.29, 1.82) is 0 Å². The SMILES string of the molecule is C/C(=N\NC(=O)COc1cccc2cccnc12)c1cccs1. The van der Waals surface area contributed by atoms with Crippen LogP contribution < -0.4 is 10.2 Å². The Kier molecular flexibility index (Phi) is 4.63. The van der Waals surface area contributed by atoms with Gasteiger partial charge in [-0.25, -0.2) is 5.43 Å². The van der Waals surface area contributed by atoms with E-state index in [1.54, 1.807) is 23.6 Å². The lowest BCUT2D eigenvalue weighted by Gasteiger charge is -2.07. The van der Waals surface area contributed by atoms with Crippen LogP contribution in [0.5, 0.6) is 5.75 Å². The van der Waals surface area contributed by atoms with Crippen molar-refractivity contribution in [1.82, 2.24) is 10.4 Å². The van der Waals surface area contributed by atoms with Gasteiger partial charge in [0.1, 0.15) is 11.3 Å². The molecule has 0 aliphatic carbocycles. The average Bonchev–Trinajstić information content (AvgIpc) is 3.12. The van der Waals surface area contributed by atoms with Crippen molar-refractivity contribution in [3.05, 3.63) is 58.9 Å². The summed E-state index contributed by atoms with van der Waals surface area (Å²) in [5.74, 6) is 0.269. The molecule has 0 aliphatic heterocycles. The number of aromatic nitrogens is 1. The topological polar surface area (TPSA) is 63.6 Å². The van der Waals surface area contributed by atoms with Gasteiger partial charge in [-0.3, -0.25) is 9.78 Å². The van der Waals surface area contributed by atoms with E-state index in [0.717, 1.165) is 21.5 Å². The number of hydrogen-bond donors (Lipinski definition) is 1. The number of carbonyl (C=O) groups excluding carboxylic acids is 1. The third kappa shape index (κ3) is 3.73. The van der Waals surface area contributed by atoms with Crippen molar-refractivity contribution in [2.75, 3.05) is 6.61 Å². The Labute approximate surface area is 137 Å². The number of nitrogens with one attached hydrogen (secondary N) is 1. The summed E-state index contributed by atoms with van der Waals surface area (Å²) in [5, 5.41) is 7.01. The predicted molar refractivity (Wildman–Crippen MR) is 91.9 cm³/mol. The number of amides is 1. The Bertz CT molecular complexity index is 839. The largest absolute Gasteiger partial charge is 0.481 e. The lowest BCUT2D eigenvalue weighted by atomic mass is 10.2. The first-order valence-corrected chi connectivity index (χ1v) is 7.95. The molecule has 0 spiro atoms. The van der Waals surface area contributed by atoms with Crippen molar-refractivity contribution in [2.45, 2.75) is 6.92 Å². The number of ether oxygens (including phenoxy) is 1. The maximum atomic E-state index is 11.9. The highest BCUT2D eigenvalue weighted by Crippen LogP contribution is 2.22. The van der Waals surface area contributed by atoms with E-state index in [2.05, 4.69) is 15.5 Å². The van der Waals surface area contributed by atoms with Crippen molar-refractivity contribution >= 4 is 33.9 Å². The molecule has 6 heteroatoms. The van der Waals surface area contributed by atoms with Gasteiger partial charge in [0, 0.05) is 16.5 Å². The van der Waals surface area contributed by atoms with Gasteiger partial charge in [0.2, 0.25) is 0 Å². The van der Waals surface area contributed by atoms with Gasteiger partial charge < -0.3 is 4.74 Å². The number of nitrogens with zero attached hydrogens (tertiary/aromatic N) is 2. The van der Waals surface area contributed by atoms with Crippen LogP contribution in [-0.2, 0) is 4.79 Å². The van der Waals surface area contributed by atoms with Gasteiger partial charge in [-0.2, -0.15) is 5.10 Å². The number of thiophene rings is 1. The van der Waals surface area contributed by atoms with Gasteiger partial charge in [0.25, 0.3) is 5.91 Å². The number of benzene rings is 1. The van der Waals surface area contributed by atoms with E-state index in [0.29, 0.717) is 5.75 Å². The van der Waals surface area contributed by atoms with Gasteiger partial charge >= 0.3 is 0 Å². The number of carbonyl (C=O) groups is 1. The number of rotatable bonds is 5. The van der Waals surface area contributed by atoms with Crippen LogP contribution in [-0.4, -0.2) is 23.2 Å². The lowest BCUT2D eigenvalue weighted by Crippen LogP contribution is -2.25. The maximum absolute atomic E-state index is 11.9. The molecule has 0 unspecified atom stereocenters. The van der Waals surface area contributed by atoms with Crippen molar-refractivity contribution in [3.63, 3.8) is 0 Å². The minimum Gasteiger partial charge on any atom is -0.481 e. The highest BCUT2D eigenvalue weighted by atomic mass is 32.1. The molecule has 0 saturated heterocycles. The highest BCUT2D eigenvalue weighted by molar-refractivity contribution is 7.12. The van der Waals surface area contributed by atoms with Crippen LogP contribution in [0.2, 0.25) is 0 Å². The summed E-state index contributed by atoms with van der Waals surface area (Å²) >= 11 is 1.57. The summed E-state index contributed by atoms with van der Waals surface area (Å²) in [6, 6.07) is 13.3.